The quantitative estimate of drug-likeness (QED) is 0.814. The third kappa shape index (κ3) is 2.58. The Balaban J connectivity index is 2.00. The average molecular weight is 253 g/mol. The molecule has 0 aromatic heterocycles. The molecule has 2 rings (SSSR count). The lowest BCUT2D eigenvalue weighted by molar-refractivity contribution is -0.123. The number of fused-ring (bicyclic) bond motifs is 1. The molecular formula is C12H13ClN2O2. The maximum absolute atomic E-state index is 11.9. The van der Waals surface area contributed by atoms with Gasteiger partial charge in [0.2, 0.25) is 11.8 Å². The van der Waals surface area contributed by atoms with Crippen LogP contribution in [0.2, 0.25) is 0 Å². The first kappa shape index (κ1) is 11.9. The summed E-state index contributed by atoms with van der Waals surface area (Å²) in [6, 6.07) is 7.80. The molecule has 0 aliphatic carbocycles. The monoisotopic (exact) mass is 252 g/mol. The van der Waals surface area contributed by atoms with Crippen molar-refractivity contribution in [2.45, 2.75) is 6.42 Å². The minimum Gasteiger partial charge on any atom is -0.346 e. The van der Waals surface area contributed by atoms with Crippen LogP contribution in [0, 0.1) is 0 Å². The zero-order valence-electron chi connectivity index (χ0n) is 9.28. The molecule has 1 N–H and O–H groups in total. The van der Waals surface area contributed by atoms with Crippen LogP contribution >= 0.6 is 11.6 Å². The number of rotatable bonds is 3. The lowest BCUT2D eigenvalue weighted by atomic mass is 10.2. The topological polar surface area (TPSA) is 49.4 Å². The molecule has 1 heterocycles. The fraction of sp³-hybridized carbons (Fsp3) is 0.333. The largest absolute Gasteiger partial charge is 0.346 e. The van der Waals surface area contributed by atoms with Gasteiger partial charge in [0.15, 0.2) is 0 Å². The third-order valence-electron chi connectivity index (χ3n) is 2.75. The van der Waals surface area contributed by atoms with Gasteiger partial charge in [-0.25, -0.2) is 0 Å². The molecule has 90 valence electrons. The second kappa shape index (κ2) is 5.19. The van der Waals surface area contributed by atoms with E-state index in [-0.39, 0.29) is 24.2 Å². The van der Waals surface area contributed by atoms with Gasteiger partial charge in [-0.1, -0.05) is 18.2 Å². The lowest BCUT2D eigenvalue weighted by Crippen LogP contribution is -2.39. The van der Waals surface area contributed by atoms with Crippen molar-refractivity contribution < 1.29 is 9.59 Å². The first-order valence-corrected chi connectivity index (χ1v) is 5.97. The van der Waals surface area contributed by atoms with Gasteiger partial charge < -0.3 is 10.2 Å². The summed E-state index contributed by atoms with van der Waals surface area (Å²) in [7, 11) is 0. The Morgan fingerprint density at radius 3 is 2.88 bits per heavy atom. The molecule has 0 atom stereocenters. The SMILES string of the molecule is O=C(CCl)NCC(=O)N1CCc2ccccc21. The molecule has 2 amide bonds. The van der Waals surface area contributed by atoms with E-state index in [2.05, 4.69) is 5.32 Å². The van der Waals surface area contributed by atoms with Gasteiger partial charge in [0.1, 0.15) is 5.88 Å². The minimum absolute atomic E-state index is 0.000111. The predicted octanol–water partition coefficient (Wildman–Crippen LogP) is 0.931. The maximum Gasteiger partial charge on any atom is 0.246 e. The summed E-state index contributed by atoms with van der Waals surface area (Å²) in [6.45, 7) is 0.675. The van der Waals surface area contributed by atoms with Crippen molar-refractivity contribution in [1.29, 1.82) is 0 Å². The fourth-order valence-electron chi connectivity index (χ4n) is 1.91. The number of nitrogens with zero attached hydrogens (tertiary/aromatic N) is 1. The molecule has 1 aromatic rings. The highest BCUT2D eigenvalue weighted by Crippen LogP contribution is 2.27. The van der Waals surface area contributed by atoms with Gasteiger partial charge in [0.05, 0.1) is 6.54 Å². The average Bonchev–Trinajstić information content (AvgIpc) is 2.79. The first-order chi connectivity index (χ1) is 8.22. The molecule has 0 unspecified atom stereocenters. The maximum atomic E-state index is 11.9. The zero-order chi connectivity index (χ0) is 12.3. The highest BCUT2D eigenvalue weighted by molar-refractivity contribution is 6.27. The van der Waals surface area contributed by atoms with Gasteiger partial charge in [-0.2, -0.15) is 0 Å². The smallest absolute Gasteiger partial charge is 0.246 e. The number of nitrogens with one attached hydrogen (secondary N) is 1. The Kier molecular flexibility index (Phi) is 3.64. The Morgan fingerprint density at radius 1 is 1.35 bits per heavy atom. The molecule has 1 aliphatic rings. The number of alkyl halides is 1. The van der Waals surface area contributed by atoms with Crippen LogP contribution in [0.4, 0.5) is 5.69 Å². The molecular weight excluding hydrogens is 240 g/mol. The standard InChI is InChI=1S/C12H13ClN2O2/c13-7-11(16)14-8-12(17)15-6-5-9-3-1-2-4-10(9)15/h1-4H,5-8H2,(H,14,16). The van der Waals surface area contributed by atoms with Crippen LogP contribution in [0.3, 0.4) is 0 Å². The van der Waals surface area contributed by atoms with Gasteiger partial charge in [-0.05, 0) is 18.1 Å². The highest BCUT2D eigenvalue weighted by Gasteiger charge is 2.23. The number of amides is 2. The fourth-order valence-corrected chi connectivity index (χ4v) is 2.01. The molecule has 0 saturated heterocycles. The summed E-state index contributed by atoms with van der Waals surface area (Å²) < 4.78 is 0. The Hall–Kier alpha value is -1.55. The second-order valence-electron chi connectivity index (χ2n) is 3.83. The number of anilines is 1. The molecule has 1 aliphatic heterocycles. The Labute approximate surface area is 105 Å². The summed E-state index contributed by atoms with van der Waals surface area (Å²) >= 11 is 5.34. The molecule has 17 heavy (non-hydrogen) atoms. The van der Waals surface area contributed by atoms with Crippen molar-refractivity contribution in [3.05, 3.63) is 29.8 Å². The number of benzene rings is 1. The van der Waals surface area contributed by atoms with Crippen molar-refractivity contribution in [2.24, 2.45) is 0 Å². The van der Waals surface area contributed by atoms with E-state index in [4.69, 9.17) is 11.6 Å². The van der Waals surface area contributed by atoms with Crippen LogP contribution in [0.15, 0.2) is 24.3 Å². The highest BCUT2D eigenvalue weighted by atomic mass is 35.5. The molecule has 1 aromatic carbocycles. The van der Waals surface area contributed by atoms with Crippen LogP contribution in [0.25, 0.3) is 0 Å². The zero-order valence-corrected chi connectivity index (χ0v) is 10.0. The van der Waals surface area contributed by atoms with Crippen molar-refractivity contribution in [2.75, 3.05) is 23.9 Å². The molecule has 0 spiro atoms. The van der Waals surface area contributed by atoms with E-state index in [0.717, 1.165) is 12.1 Å². The molecule has 4 nitrogen and oxygen atoms in total. The van der Waals surface area contributed by atoms with Crippen molar-refractivity contribution in [1.82, 2.24) is 5.32 Å². The van der Waals surface area contributed by atoms with E-state index in [1.54, 1.807) is 4.90 Å². The summed E-state index contributed by atoms with van der Waals surface area (Å²) in [4.78, 5) is 24.6. The molecule has 0 bridgehead atoms. The van der Waals surface area contributed by atoms with Crippen LogP contribution in [-0.4, -0.2) is 30.8 Å². The van der Waals surface area contributed by atoms with Crippen LogP contribution in [0.5, 0.6) is 0 Å². The van der Waals surface area contributed by atoms with Crippen LogP contribution in [0.1, 0.15) is 5.56 Å². The first-order valence-electron chi connectivity index (χ1n) is 5.43. The molecule has 0 saturated carbocycles. The van der Waals surface area contributed by atoms with E-state index >= 15 is 0 Å². The number of para-hydroxylation sites is 1. The van der Waals surface area contributed by atoms with Gasteiger partial charge >= 0.3 is 0 Å². The van der Waals surface area contributed by atoms with E-state index in [1.807, 2.05) is 24.3 Å². The number of carbonyl (C=O) groups is 2. The van der Waals surface area contributed by atoms with Crippen molar-refractivity contribution in [3.8, 4) is 0 Å². The summed E-state index contributed by atoms with van der Waals surface area (Å²) in [6.07, 6.45) is 0.866. The van der Waals surface area contributed by atoms with E-state index in [0.29, 0.717) is 6.54 Å². The number of carbonyl (C=O) groups excluding carboxylic acids is 2. The normalized spacial score (nSPS) is 13.4. The van der Waals surface area contributed by atoms with Gasteiger partial charge in [-0.3, -0.25) is 9.59 Å². The van der Waals surface area contributed by atoms with E-state index < -0.39 is 0 Å². The number of hydrogen-bond acceptors (Lipinski definition) is 2. The van der Waals surface area contributed by atoms with E-state index in [1.165, 1.54) is 5.56 Å². The third-order valence-corrected chi connectivity index (χ3v) is 2.99. The summed E-state index contributed by atoms with van der Waals surface area (Å²) in [5.41, 5.74) is 2.11. The summed E-state index contributed by atoms with van der Waals surface area (Å²) in [5, 5.41) is 2.48. The van der Waals surface area contributed by atoms with Gasteiger partial charge in [0, 0.05) is 12.2 Å². The Bertz CT molecular complexity index is 448. The van der Waals surface area contributed by atoms with Gasteiger partial charge in [0.25, 0.3) is 0 Å². The molecule has 5 heteroatoms. The number of halogens is 1. The lowest BCUT2D eigenvalue weighted by Gasteiger charge is -2.17. The van der Waals surface area contributed by atoms with Crippen molar-refractivity contribution >= 4 is 29.1 Å². The second-order valence-corrected chi connectivity index (χ2v) is 4.10. The summed E-state index contributed by atoms with van der Waals surface area (Å²) in [5.74, 6) is -0.551. The van der Waals surface area contributed by atoms with Crippen molar-refractivity contribution in [3.63, 3.8) is 0 Å². The predicted molar refractivity (Wildman–Crippen MR) is 66.2 cm³/mol. The Morgan fingerprint density at radius 2 is 2.12 bits per heavy atom. The van der Waals surface area contributed by atoms with Crippen LogP contribution < -0.4 is 10.2 Å². The molecule has 0 radical (unpaired) electrons. The minimum atomic E-state index is -0.326. The van der Waals surface area contributed by atoms with Gasteiger partial charge in [-0.15, -0.1) is 11.6 Å². The van der Waals surface area contributed by atoms with Crippen LogP contribution in [-0.2, 0) is 16.0 Å². The van der Waals surface area contributed by atoms with E-state index in [9.17, 15) is 9.59 Å². The molecule has 0 fully saturated rings. The number of hydrogen-bond donors (Lipinski definition) is 1.